The molecule has 1 aromatic rings. The van der Waals surface area contributed by atoms with Gasteiger partial charge in [0.1, 0.15) is 11.8 Å². The number of halogens is 1. The number of likely N-dealkylation sites (tertiary alicyclic amines) is 1. The molecule has 3 aliphatic rings. The first-order valence-electron chi connectivity index (χ1n) is 13.7. The molecule has 7 atom stereocenters. The topological polar surface area (TPSA) is 108 Å². The van der Waals surface area contributed by atoms with Crippen molar-refractivity contribution in [3.63, 3.8) is 0 Å². The van der Waals surface area contributed by atoms with Gasteiger partial charge in [-0.05, 0) is 56.4 Å². The van der Waals surface area contributed by atoms with E-state index >= 15 is 0 Å². The van der Waals surface area contributed by atoms with Gasteiger partial charge in [-0.1, -0.05) is 43.1 Å². The quantitative estimate of drug-likeness (QED) is 0.246. The van der Waals surface area contributed by atoms with Crippen molar-refractivity contribution in [2.45, 2.75) is 80.3 Å². The van der Waals surface area contributed by atoms with E-state index in [9.17, 15) is 19.5 Å². The summed E-state index contributed by atoms with van der Waals surface area (Å²) in [6.45, 7) is 8.93. The van der Waals surface area contributed by atoms with Crippen molar-refractivity contribution in [3.05, 3.63) is 24.3 Å². The average Bonchev–Trinajstić information content (AvgIpc) is 3.47. The highest BCUT2D eigenvalue weighted by Gasteiger charge is 2.76. The van der Waals surface area contributed by atoms with E-state index in [4.69, 9.17) is 4.74 Å². The normalized spacial score (nSPS) is 30.4. The minimum Gasteiger partial charge on any atom is -0.494 e. The van der Waals surface area contributed by atoms with Crippen LogP contribution in [0.1, 0.15) is 53.4 Å². The fourth-order valence-corrected chi connectivity index (χ4v) is 9.99. The highest BCUT2D eigenvalue weighted by Crippen LogP contribution is 2.68. The zero-order chi connectivity index (χ0) is 27.6. The van der Waals surface area contributed by atoms with Gasteiger partial charge in [-0.3, -0.25) is 14.4 Å². The molecule has 0 aromatic heterocycles. The number of anilines is 1. The molecule has 38 heavy (non-hydrogen) atoms. The molecule has 2 bridgehead atoms. The van der Waals surface area contributed by atoms with Crippen LogP contribution in [-0.4, -0.2) is 74.4 Å². The summed E-state index contributed by atoms with van der Waals surface area (Å²) in [5, 5.41) is 16.3. The number of hydrogen-bond acceptors (Lipinski definition) is 6. The molecule has 0 radical (unpaired) electrons. The van der Waals surface area contributed by atoms with Gasteiger partial charge in [-0.15, -0.1) is 11.8 Å². The first kappa shape index (κ1) is 29.2. The van der Waals surface area contributed by atoms with Crippen LogP contribution < -0.4 is 15.4 Å². The number of nitrogens with one attached hydrogen (secondary N) is 2. The third-order valence-electron chi connectivity index (χ3n) is 7.89. The number of benzene rings is 1. The lowest BCUT2D eigenvalue weighted by Gasteiger charge is -2.37. The lowest BCUT2D eigenvalue weighted by molar-refractivity contribution is -0.142. The first-order chi connectivity index (χ1) is 18.2. The van der Waals surface area contributed by atoms with E-state index in [1.807, 2.05) is 20.8 Å². The van der Waals surface area contributed by atoms with Gasteiger partial charge in [0, 0.05) is 22.3 Å². The summed E-state index contributed by atoms with van der Waals surface area (Å²) < 4.78 is 4.78. The number of aliphatic hydroxyl groups excluding tert-OH is 1. The van der Waals surface area contributed by atoms with Gasteiger partial charge in [0.05, 0.1) is 35.8 Å². The van der Waals surface area contributed by atoms with Crippen molar-refractivity contribution in [1.82, 2.24) is 10.2 Å². The molecule has 3 N–H and O–H groups in total. The third-order valence-corrected chi connectivity index (χ3v) is 11.1. The summed E-state index contributed by atoms with van der Waals surface area (Å²) in [5.41, 5.74) is 0.635. The smallest absolute Gasteiger partial charge is 0.244 e. The van der Waals surface area contributed by atoms with Crippen molar-refractivity contribution in [1.29, 1.82) is 0 Å². The second-order valence-electron chi connectivity index (χ2n) is 11.0. The number of ether oxygens (including phenoxy) is 1. The van der Waals surface area contributed by atoms with E-state index in [-0.39, 0.29) is 40.3 Å². The highest BCUT2D eigenvalue weighted by atomic mass is 79.9. The van der Waals surface area contributed by atoms with E-state index in [0.29, 0.717) is 31.7 Å². The first-order valence-corrected chi connectivity index (χ1v) is 15.5. The predicted octanol–water partition coefficient (Wildman–Crippen LogP) is 3.81. The summed E-state index contributed by atoms with van der Waals surface area (Å²) in [6, 6.07) is 5.99. The molecule has 3 heterocycles. The molecule has 3 aliphatic heterocycles. The van der Waals surface area contributed by atoms with E-state index in [1.165, 1.54) is 0 Å². The zero-order valence-corrected chi connectivity index (χ0v) is 25.0. The predicted molar refractivity (Wildman–Crippen MR) is 154 cm³/mol. The summed E-state index contributed by atoms with van der Waals surface area (Å²) in [7, 11) is 0. The Morgan fingerprint density at radius 2 is 1.95 bits per heavy atom. The zero-order valence-electron chi connectivity index (χ0n) is 22.6. The molecule has 1 spiro atoms. The largest absolute Gasteiger partial charge is 0.494 e. The third kappa shape index (κ3) is 5.32. The van der Waals surface area contributed by atoms with E-state index in [1.54, 1.807) is 40.9 Å². The SMILES string of the molecule is CCCCNC(=O)C1N([C@@H](CO)CC(C)C)C(=O)[C@@H]2[C@@H](C(=O)Nc3ccc(OCC)cc3)[C@@H]3SC12CC3Br. The van der Waals surface area contributed by atoms with Crippen molar-refractivity contribution in [3.8, 4) is 5.75 Å². The second kappa shape index (κ2) is 12.2. The summed E-state index contributed by atoms with van der Waals surface area (Å²) in [4.78, 5) is 43.3. The molecule has 8 nitrogen and oxygen atoms in total. The number of fused-ring (bicyclic) bond motifs is 1. The number of hydrogen-bond donors (Lipinski definition) is 3. The van der Waals surface area contributed by atoms with Crippen LogP contribution >= 0.6 is 27.7 Å². The van der Waals surface area contributed by atoms with Crippen LogP contribution in [-0.2, 0) is 14.4 Å². The molecule has 3 unspecified atom stereocenters. The van der Waals surface area contributed by atoms with Crippen molar-refractivity contribution in [2.75, 3.05) is 25.1 Å². The maximum absolute atomic E-state index is 14.2. The summed E-state index contributed by atoms with van der Waals surface area (Å²) >= 11 is 5.41. The van der Waals surface area contributed by atoms with Crippen molar-refractivity contribution in [2.24, 2.45) is 17.8 Å². The van der Waals surface area contributed by atoms with Crippen LogP contribution in [0.3, 0.4) is 0 Å². The molecule has 10 heteroatoms. The Kier molecular flexibility index (Phi) is 9.35. The maximum atomic E-state index is 14.2. The van der Waals surface area contributed by atoms with Crippen LogP contribution in [0.5, 0.6) is 5.75 Å². The number of aliphatic hydroxyl groups is 1. The molecule has 3 amide bonds. The van der Waals surface area contributed by atoms with Gasteiger partial charge < -0.3 is 25.4 Å². The van der Waals surface area contributed by atoms with E-state index in [0.717, 1.165) is 18.6 Å². The number of unbranched alkanes of at least 4 members (excludes halogenated alkanes) is 1. The lowest BCUT2D eigenvalue weighted by atomic mass is 9.70. The molecule has 0 saturated carbocycles. The molecule has 3 fully saturated rings. The van der Waals surface area contributed by atoms with Gasteiger partial charge in [0.2, 0.25) is 17.7 Å². The van der Waals surface area contributed by atoms with Gasteiger partial charge in [-0.2, -0.15) is 0 Å². The Hall–Kier alpha value is -1.78. The molecule has 1 aromatic carbocycles. The lowest BCUT2D eigenvalue weighted by Crippen LogP contribution is -2.57. The second-order valence-corrected chi connectivity index (χ2v) is 13.7. The number of thioether (sulfide) groups is 1. The molecule has 210 valence electrons. The Labute approximate surface area is 238 Å². The summed E-state index contributed by atoms with van der Waals surface area (Å²) in [6.07, 6.45) is 3.00. The van der Waals surface area contributed by atoms with Crippen LogP contribution in [0.25, 0.3) is 0 Å². The molecule has 0 aliphatic carbocycles. The van der Waals surface area contributed by atoms with E-state index < -0.39 is 28.7 Å². The highest BCUT2D eigenvalue weighted by molar-refractivity contribution is 9.09. The van der Waals surface area contributed by atoms with Crippen LogP contribution in [0.2, 0.25) is 0 Å². The van der Waals surface area contributed by atoms with Gasteiger partial charge in [0.15, 0.2) is 0 Å². The Morgan fingerprint density at radius 1 is 1.24 bits per heavy atom. The Balaban J connectivity index is 1.66. The Morgan fingerprint density at radius 3 is 2.55 bits per heavy atom. The minimum absolute atomic E-state index is 0.00352. The minimum atomic E-state index is -0.730. The van der Waals surface area contributed by atoms with Crippen molar-refractivity contribution < 1.29 is 24.2 Å². The van der Waals surface area contributed by atoms with Crippen LogP contribution in [0.4, 0.5) is 5.69 Å². The van der Waals surface area contributed by atoms with Crippen molar-refractivity contribution >= 4 is 51.1 Å². The number of alkyl halides is 1. The monoisotopic (exact) mass is 609 g/mol. The molecular weight excluding hydrogens is 570 g/mol. The standard InChI is InChI=1S/C28H40BrN3O5S/c1-5-7-12-30-26(35)24-28-14-20(29)23(38-28)21(22(28)27(36)32(24)18(15-33)13-16(3)4)25(34)31-17-8-10-19(11-9-17)37-6-2/h8-11,16,18,20-24,33H,5-7,12-15H2,1-4H3,(H,30,35)(H,31,34)/t18-,20?,21-,22+,23-,24?,28?/m1/s1. The molecule has 3 saturated heterocycles. The number of rotatable bonds is 12. The number of carbonyl (C=O) groups is 3. The number of amides is 3. The van der Waals surface area contributed by atoms with Crippen LogP contribution in [0.15, 0.2) is 24.3 Å². The van der Waals surface area contributed by atoms with Gasteiger partial charge in [-0.25, -0.2) is 0 Å². The summed E-state index contributed by atoms with van der Waals surface area (Å²) in [5.74, 6) is -0.859. The molecular formula is C28H40BrN3O5S. The van der Waals surface area contributed by atoms with Gasteiger partial charge in [0.25, 0.3) is 0 Å². The van der Waals surface area contributed by atoms with Gasteiger partial charge >= 0.3 is 0 Å². The average molecular weight is 611 g/mol. The van der Waals surface area contributed by atoms with Crippen LogP contribution in [0, 0.1) is 17.8 Å². The number of nitrogens with zero attached hydrogens (tertiary/aromatic N) is 1. The van der Waals surface area contributed by atoms with E-state index in [2.05, 4.69) is 33.5 Å². The Bertz CT molecular complexity index is 1020. The fraction of sp³-hybridized carbons (Fsp3) is 0.679. The molecule has 4 rings (SSSR count). The number of carbonyl (C=O) groups excluding carboxylic acids is 3. The fourth-order valence-electron chi connectivity index (χ4n) is 6.39. The maximum Gasteiger partial charge on any atom is 0.244 e.